The summed E-state index contributed by atoms with van der Waals surface area (Å²) in [4.78, 5) is 26.3. The molecule has 10 heteroatoms. The third-order valence-electron chi connectivity index (χ3n) is 6.67. The predicted molar refractivity (Wildman–Crippen MR) is 121 cm³/mol. The summed E-state index contributed by atoms with van der Waals surface area (Å²) in [5.41, 5.74) is 3.85. The van der Waals surface area contributed by atoms with E-state index in [1.165, 1.54) is 18.5 Å². The zero-order chi connectivity index (χ0) is 21.9. The van der Waals surface area contributed by atoms with Gasteiger partial charge in [0.2, 0.25) is 0 Å². The van der Waals surface area contributed by atoms with Crippen LogP contribution in [0.4, 0.5) is 22.0 Å². The van der Waals surface area contributed by atoms with Crippen molar-refractivity contribution in [1.29, 1.82) is 0 Å². The molecule has 1 spiro atoms. The zero-order valence-electron chi connectivity index (χ0n) is 18.3. The molecule has 0 radical (unpaired) electrons. The smallest absolute Gasteiger partial charge is 0.327 e. The van der Waals surface area contributed by atoms with Crippen LogP contribution in [0.15, 0.2) is 24.5 Å². The van der Waals surface area contributed by atoms with Gasteiger partial charge >= 0.3 is 6.03 Å². The van der Waals surface area contributed by atoms with Crippen LogP contribution in [0.25, 0.3) is 5.65 Å². The van der Waals surface area contributed by atoms with E-state index >= 15 is 0 Å². The Bertz CT molecular complexity index is 1220. The molecule has 3 aromatic heterocycles. The number of carbonyl (C=O) groups is 1. The number of methoxy groups -OCH3 is 1. The fraction of sp³-hybridized carbons (Fsp3) is 0.455. The maximum Gasteiger partial charge on any atom is 0.327 e. The van der Waals surface area contributed by atoms with Gasteiger partial charge in [0.25, 0.3) is 0 Å². The molecule has 2 N–H and O–H groups in total. The van der Waals surface area contributed by atoms with Crippen molar-refractivity contribution in [2.75, 3.05) is 48.4 Å². The van der Waals surface area contributed by atoms with Crippen molar-refractivity contribution in [3.8, 4) is 5.75 Å². The Balaban J connectivity index is 1.27. The number of anilines is 3. The number of pyridine rings is 2. The molecule has 166 valence electrons. The minimum atomic E-state index is -0.234. The van der Waals surface area contributed by atoms with Gasteiger partial charge in [0, 0.05) is 55.2 Å². The van der Waals surface area contributed by atoms with Gasteiger partial charge in [-0.2, -0.15) is 5.10 Å². The highest BCUT2D eigenvalue weighted by atomic mass is 16.5. The average Bonchev–Trinajstić information content (AvgIpc) is 3.21. The molecule has 2 amide bonds. The number of aryl methyl sites for hydroxylation is 1. The van der Waals surface area contributed by atoms with Gasteiger partial charge in [-0.1, -0.05) is 0 Å². The molecule has 0 atom stereocenters. The molecule has 10 nitrogen and oxygen atoms in total. The first kappa shape index (κ1) is 19.3. The average molecular weight is 435 g/mol. The summed E-state index contributed by atoms with van der Waals surface area (Å²) in [7, 11) is 1.57. The maximum atomic E-state index is 13.2. The second kappa shape index (κ2) is 7.06. The van der Waals surface area contributed by atoms with E-state index in [9.17, 15) is 4.79 Å². The van der Waals surface area contributed by atoms with Crippen LogP contribution < -0.4 is 25.2 Å². The first-order valence-electron chi connectivity index (χ1n) is 11.0. The van der Waals surface area contributed by atoms with E-state index in [0.717, 1.165) is 37.4 Å². The summed E-state index contributed by atoms with van der Waals surface area (Å²) in [6, 6.07) is 3.62. The van der Waals surface area contributed by atoms with E-state index in [4.69, 9.17) is 4.74 Å². The van der Waals surface area contributed by atoms with Gasteiger partial charge < -0.3 is 20.3 Å². The molecular weight excluding hydrogens is 408 g/mol. The highest BCUT2D eigenvalue weighted by molar-refractivity contribution is 6.03. The van der Waals surface area contributed by atoms with Gasteiger partial charge in [-0.05, 0) is 32.3 Å². The molecular formula is C22H26N8O2. The number of aromatic nitrogens is 4. The van der Waals surface area contributed by atoms with Crippen LogP contribution in [0.2, 0.25) is 0 Å². The topological polar surface area (TPSA) is 99.9 Å². The van der Waals surface area contributed by atoms with E-state index in [-0.39, 0.29) is 6.03 Å². The molecule has 1 saturated carbocycles. The monoisotopic (exact) mass is 434 g/mol. The Morgan fingerprint density at radius 2 is 2.19 bits per heavy atom. The lowest BCUT2D eigenvalue weighted by Crippen LogP contribution is -2.52. The highest BCUT2D eigenvalue weighted by Gasteiger charge is 2.46. The van der Waals surface area contributed by atoms with Gasteiger partial charge in [-0.3, -0.25) is 4.90 Å². The van der Waals surface area contributed by atoms with E-state index in [1.807, 2.05) is 13.1 Å². The summed E-state index contributed by atoms with van der Waals surface area (Å²) < 4.78 is 7.12. The Labute approximate surface area is 185 Å². The summed E-state index contributed by atoms with van der Waals surface area (Å²) >= 11 is 0. The number of nitrogens with one attached hydrogen (secondary N) is 2. The molecule has 3 aromatic rings. The fourth-order valence-corrected chi connectivity index (χ4v) is 4.88. The van der Waals surface area contributed by atoms with E-state index in [1.54, 1.807) is 28.8 Å². The second-order valence-electron chi connectivity index (χ2n) is 8.81. The molecule has 3 aliphatic rings. The molecule has 5 heterocycles. The number of rotatable bonds is 3. The highest BCUT2D eigenvalue weighted by Crippen LogP contribution is 2.41. The van der Waals surface area contributed by atoms with Crippen molar-refractivity contribution >= 4 is 28.9 Å². The van der Waals surface area contributed by atoms with Crippen LogP contribution in [-0.4, -0.2) is 64.4 Å². The summed E-state index contributed by atoms with van der Waals surface area (Å²) in [5.74, 6) is 1.93. The molecule has 32 heavy (non-hydrogen) atoms. The third-order valence-corrected chi connectivity index (χ3v) is 6.67. The number of fused-ring (bicyclic) bond motifs is 2. The molecule has 0 aromatic carbocycles. The third kappa shape index (κ3) is 3.13. The number of hydrogen-bond donors (Lipinski definition) is 2. The first-order chi connectivity index (χ1) is 15.5. The number of carbonyl (C=O) groups excluding carboxylic acids is 1. The van der Waals surface area contributed by atoms with Crippen LogP contribution in [0.5, 0.6) is 5.75 Å². The number of piperazine rings is 1. The summed E-state index contributed by atoms with van der Waals surface area (Å²) in [6.07, 6.45) is 6.81. The lowest BCUT2D eigenvalue weighted by Gasteiger charge is -2.36. The van der Waals surface area contributed by atoms with Gasteiger partial charge in [0.05, 0.1) is 13.3 Å². The Morgan fingerprint density at radius 1 is 1.31 bits per heavy atom. The molecule has 6 rings (SSSR count). The number of urea groups is 1. The van der Waals surface area contributed by atoms with Crippen LogP contribution in [0.1, 0.15) is 24.2 Å². The predicted octanol–water partition coefficient (Wildman–Crippen LogP) is 1.98. The normalized spacial score (nSPS) is 18.8. The van der Waals surface area contributed by atoms with E-state index < -0.39 is 0 Å². The molecule has 0 unspecified atom stereocenters. The Kier molecular flexibility index (Phi) is 4.26. The first-order valence-corrected chi connectivity index (χ1v) is 11.0. The van der Waals surface area contributed by atoms with E-state index in [0.29, 0.717) is 35.0 Å². The molecule has 0 bridgehead atoms. The molecule has 2 fully saturated rings. The van der Waals surface area contributed by atoms with Crippen LogP contribution in [0.3, 0.4) is 0 Å². The SMILES string of the molecule is COc1cc2nc(C)nn2cc1NC(=O)N1CCc2c(N3CCNC4(CC4)C3)ccnc21. The van der Waals surface area contributed by atoms with Crippen LogP contribution >= 0.6 is 0 Å². The Hall–Kier alpha value is -3.40. The minimum Gasteiger partial charge on any atom is -0.494 e. The van der Waals surface area contributed by atoms with Crippen LogP contribution in [0, 0.1) is 6.92 Å². The summed E-state index contributed by atoms with van der Waals surface area (Å²) in [6.45, 7) is 5.40. The van der Waals surface area contributed by atoms with Crippen molar-refractivity contribution in [2.45, 2.75) is 31.7 Å². The summed E-state index contributed by atoms with van der Waals surface area (Å²) in [5, 5.41) is 11.0. The van der Waals surface area contributed by atoms with Gasteiger partial charge in [-0.25, -0.2) is 19.3 Å². The lowest BCUT2D eigenvalue weighted by atomic mass is 10.1. The van der Waals surface area contributed by atoms with Crippen molar-refractivity contribution < 1.29 is 9.53 Å². The second-order valence-corrected chi connectivity index (χ2v) is 8.81. The number of amides is 2. The van der Waals surface area contributed by atoms with Crippen molar-refractivity contribution in [3.05, 3.63) is 35.9 Å². The fourth-order valence-electron chi connectivity index (χ4n) is 4.88. The number of hydrogen-bond acceptors (Lipinski definition) is 7. The van der Waals surface area contributed by atoms with Gasteiger partial charge in [-0.15, -0.1) is 0 Å². The lowest BCUT2D eigenvalue weighted by molar-refractivity contribution is 0.257. The molecule has 1 saturated heterocycles. The quantitative estimate of drug-likeness (QED) is 0.650. The number of ether oxygens (including phenoxy) is 1. The largest absolute Gasteiger partial charge is 0.494 e. The van der Waals surface area contributed by atoms with E-state index in [2.05, 4.69) is 36.7 Å². The number of nitrogens with zero attached hydrogens (tertiary/aromatic N) is 6. The minimum absolute atomic E-state index is 0.234. The standard InChI is InChI=1S/C22H26N8O2/c1-14-25-19-11-18(32-2)16(12-30(19)27-14)26-21(31)29-9-4-15-17(3-7-23-20(15)29)28-10-8-24-22(13-28)5-6-22/h3,7,11-12,24H,4-6,8-10,13H2,1-2H3,(H,26,31). The molecule has 2 aliphatic heterocycles. The van der Waals surface area contributed by atoms with Crippen LogP contribution in [-0.2, 0) is 6.42 Å². The molecule has 1 aliphatic carbocycles. The van der Waals surface area contributed by atoms with Crippen molar-refractivity contribution in [1.82, 2.24) is 24.9 Å². The van der Waals surface area contributed by atoms with Crippen molar-refractivity contribution in [2.24, 2.45) is 0 Å². The zero-order valence-corrected chi connectivity index (χ0v) is 18.3. The van der Waals surface area contributed by atoms with Gasteiger partial charge in [0.15, 0.2) is 5.65 Å². The van der Waals surface area contributed by atoms with Gasteiger partial charge in [0.1, 0.15) is 23.1 Å². The maximum absolute atomic E-state index is 13.2. The van der Waals surface area contributed by atoms with Crippen molar-refractivity contribution in [3.63, 3.8) is 0 Å². The Morgan fingerprint density at radius 3 is 3.00 bits per heavy atom.